The maximum atomic E-state index is 5.97. The molecule has 3 heteroatoms. The van der Waals surface area contributed by atoms with Crippen molar-refractivity contribution in [2.24, 2.45) is 0 Å². The van der Waals surface area contributed by atoms with Crippen LogP contribution >= 0.6 is 11.6 Å². The highest BCUT2D eigenvalue weighted by Gasteiger charge is 2.16. The lowest BCUT2D eigenvalue weighted by atomic mass is 9.96. The Kier molecular flexibility index (Phi) is 2.35. The Hall–Kier alpha value is -0.500. The van der Waals surface area contributed by atoms with Crippen LogP contribution in [0.15, 0.2) is 12.3 Å². The second-order valence-electron chi connectivity index (χ2n) is 3.39. The van der Waals surface area contributed by atoms with Crippen molar-refractivity contribution in [2.45, 2.75) is 38.1 Å². The van der Waals surface area contributed by atoms with Crippen LogP contribution in [-0.2, 0) is 0 Å². The summed E-state index contributed by atoms with van der Waals surface area (Å²) in [5.41, 5.74) is 0. The van der Waals surface area contributed by atoms with Crippen LogP contribution in [0, 0.1) is 0 Å². The molecule has 1 aliphatic carbocycles. The Morgan fingerprint density at radius 2 is 2.08 bits per heavy atom. The van der Waals surface area contributed by atoms with Crippen LogP contribution in [-0.4, -0.2) is 9.78 Å². The van der Waals surface area contributed by atoms with Gasteiger partial charge in [0.15, 0.2) is 0 Å². The van der Waals surface area contributed by atoms with E-state index in [-0.39, 0.29) is 0 Å². The van der Waals surface area contributed by atoms with Crippen molar-refractivity contribution in [2.75, 3.05) is 0 Å². The van der Waals surface area contributed by atoms with Crippen molar-refractivity contribution in [3.8, 4) is 0 Å². The van der Waals surface area contributed by atoms with Crippen molar-refractivity contribution < 1.29 is 0 Å². The predicted octanol–water partition coefficient (Wildman–Crippen LogP) is 3.04. The highest BCUT2D eigenvalue weighted by Crippen LogP contribution is 2.29. The van der Waals surface area contributed by atoms with E-state index in [0.29, 0.717) is 6.04 Å². The summed E-state index contributed by atoms with van der Waals surface area (Å²) in [6.07, 6.45) is 8.26. The Morgan fingerprint density at radius 3 is 2.67 bits per heavy atom. The average molecular weight is 185 g/mol. The second kappa shape index (κ2) is 3.48. The lowest BCUT2D eigenvalue weighted by molar-refractivity contribution is 0.330. The molecule has 0 radical (unpaired) electrons. The fourth-order valence-electron chi connectivity index (χ4n) is 1.89. The summed E-state index contributed by atoms with van der Waals surface area (Å²) in [6.45, 7) is 0. The summed E-state index contributed by atoms with van der Waals surface area (Å²) in [6, 6.07) is 2.41. The van der Waals surface area contributed by atoms with Gasteiger partial charge in [0.1, 0.15) is 5.15 Å². The molecule has 0 amide bonds. The van der Waals surface area contributed by atoms with Crippen molar-refractivity contribution in [3.05, 3.63) is 17.4 Å². The van der Waals surface area contributed by atoms with Gasteiger partial charge in [-0.1, -0.05) is 30.9 Å². The smallest absolute Gasteiger partial charge is 0.127 e. The van der Waals surface area contributed by atoms with Crippen LogP contribution in [0.4, 0.5) is 0 Å². The maximum Gasteiger partial charge on any atom is 0.127 e. The quantitative estimate of drug-likeness (QED) is 0.656. The molecule has 0 spiro atoms. The topological polar surface area (TPSA) is 17.8 Å². The SMILES string of the molecule is Clc1ccnn1C1CCCCC1. The molecule has 0 aromatic carbocycles. The average Bonchev–Trinajstić information content (AvgIpc) is 2.53. The van der Waals surface area contributed by atoms with Gasteiger partial charge in [-0.15, -0.1) is 0 Å². The molecule has 0 saturated heterocycles. The number of hydrogen-bond acceptors (Lipinski definition) is 1. The van der Waals surface area contributed by atoms with Crippen LogP contribution in [0.2, 0.25) is 5.15 Å². The highest BCUT2D eigenvalue weighted by atomic mass is 35.5. The molecule has 1 aromatic rings. The molecule has 0 aliphatic heterocycles. The summed E-state index contributed by atoms with van der Waals surface area (Å²) in [4.78, 5) is 0. The van der Waals surface area contributed by atoms with Gasteiger partial charge in [0, 0.05) is 0 Å². The van der Waals surface area contributed by atoms with Gasteiger partial charge < -0.3 is 0 Å². The van der Waals surface area contributed by atoms with Gasteiger partial charge >= 0.3 is 0 Å². The Morgan fingerprint density at radius 1 is 1.33 bits per heavy atom. The van der Waals surface area contributed by atoms with Gasteiger partial charge in [0.05, 0.1) is 12.2 Å². The number of hydrogen-bond donors (Lipinski definition) is 0. The second-order valence-corrected chi connectivity index (χ2v) is 3.78. The molecule has 0 bridgehead atoms. The molecule has 0 unspecified atom stereocenters. The van der Waals surface area contributed by atoms with Gasteiger partial charge in [-0.05, 0) is 18.9 Å². The van der Waals surface area contributed by atoms with E-state index < -0.39 is 0 Å². The molecule has 66 valence electrons. The van der Waals surface area contributed by atoms with Crippen molar-refractivity contribution in [1.82, 2.24) is 9.78 Å². The normalized spacial score (nSPS) is 19.8. The molecule has 1 aromatic heterocycles. The Balaban J connectivity index is 2.13. The minimum absolute atomic E-state index is 0.557. The van der Waals surface area contributed by atoms with Crippen LogP contribution in [0.1, 0.15) is 38.1 Å². The van der Waals surface area contributed by atoms with E-state index in [1.54, 1.807) is 6.20 Å². The number of halogens is 1. The molecule has 0 N–H and O–H groups in total. The molecule has 1 heterocycles. The molecule has 1 aliphatic rings. The first-order chi connectivity index (χ1) is 5.88. The van der Waals surface area contributed by atoms with E-state index in [4.69, 9.17) is 11.6 Å². The van der Waals surface area contributed by atoms with Crippen LogP contribution in [0.5, 0.6) is 0 Å². The van der Waals surface area contributed by atoms with Crippen molar-refractivity contribution in [3.63, 3.8) is 0 Å². The van der Waals surface area contributed by atoms with Gasteiger partial charge in [-0.3, -0.25) is 4.68 Å². The predicted molar refractivity (Wildman–Crippen MR) is 49.4 cm³/mol. The van der Waals surface area contributed by atoms with Crippen LogP contribution in [0.3, 0.4) is 0 Å². The molecule has 1 saturated carbocycles. The summed E-state index contributed by atoms with van der Waals surface area (Å²) in [7, 11) is 0. The van der Waals surface area contributed by atoms with E-state index in [1.807, 2.05) is 10.7 Å². The summed E-state index contributed by atoms with van der Waals surface area (Å²) >= 11 is 5.97. The van der Waals surface area contributed by atoms with Crippen molar-refractivity contribution in [1.29, 1.82) is 0 Å². The van der Waals surface area contributed by atoms with E-state index >= 15 is 0 Å². The van der Waals surface area contributed by atoms with Crippen LogP contribution < -0.4 is 0 Å². The molecular formula is C9H13ClN2. The first-order valence-electron chi connectivity index (χ1n) is 4.57. The van der Waals surface area contributed by atoms with E-state index in [1.165, 1.54) is 32.1 Å². The van der Waals surface area contributed by atoms with E-state index in [2.05, 4.69) is 5.10 Å². The Labute approximate surface area is 77.5 Å². The van der Waals surface area contributed by atoms with Gasteiger partial charge in [0.2, 0.25) is 0 Å². The lowest BCUT2D eigenvalue weighted by Crippen LogP contribution is -2.13. The summed E-state index contributed by atoms with van der Waals surface area (Å²) < 4.78 is 1.96. The summed E-state index contributed by atoms with van der Waals surface area (Å²) in [5, 5.41) is 5.00. The molecule has 2 rings (SSSR count). The van der Waals surface area contributed by atoms with Gasteiger partial charge in [-0.2, -0.15) is 5.10 Å². The first kappa shape index (κ1) is 8.11. The Bertz CT molecular complexity index is 251. The van der Waals surface area contributed by atoms with Gasteiger partial charge in [0.25, 0.3) is 0 Å². The van der Waals surface area contributed by atoms with Crippen LogP contribution in [0.25, 0.3) is 0 Å². The van der Waals surface area contributed by atoms with E-state index in [9.17, 15) is 0 Å². The number of aromatic nitrogens is 2. The number of rotatable bonds is 1. The van der Waals surface area contributed by atoms with Crippen molar-refractivity contribution >= 4 is 11.6 Å². The molecule has 1 fully saturated rings. The zero-order valence-corrected chi connectivity index (χ0v) is 7.80. The molecule has 0 atom stereocenters. The molecule has 2 nitrogen and oxygen atoms in total. The maximum absolute atomic E-state index is 5.97. The fraction of sp³-hybridized carbons (Fsp3) is 0.667. The first-order valence-corrected chi connectivity index (χ1v) is 4.95. The third-order valence-electron chi connectivity index (χ3n) is 2.54. The minimum atomic E-state index is 0.557. The lowest BCUT2D eigenvalue weighted by Gasteiger charge is -2.22. The fourth-order valence-corrected chi connectivity index (χ4v) is 2.13. The zero-order valence-electron chi connectivity index (χ0n) is 7.04. The molecule has 12 heavy (non-hydrogen) atoms. The standard InChI is InChI=1S/C9H13ClN2/c10-9-6-7-11-12(9)8-4-2-1-3-5-8/h6-8H,1-5H2. The number of nitrogens with zero attached hydrogens (tertiary/aromatic N) is 2. The monoisotopic (exact) mass is 184 g/mol. The highest BCUT2D eigenvalue weighted by molar-refractivity contribution is 6.29. The summed E-state index contributed by atoms with van der Waals surface area (Å²) in [5.74, 6) is 0. The largest absolute Gasteiger partial charge is 0.251 e. The third-order valence-corrected chi connectivity index (χ3v) is 2.84. The minimum Gasteiger partial charge on any atom is -0.251 e. The molecular weight excluding hydrogens is 172 g/mol. The third kappa shape index (κ3) is 1.48. The zero-order chi connectivity index (χ0) is 8.39. The van der Waals surface area contributed by atoms with Gasteiger partial charge in [-0.25, -0.2) is 0 Å². The van der Waals surface area contributed by atoms with E-state index in [0.717, 1.165) is 5.15 Å².